The SMILES string of the molecule is COCc1cc(-c2nccn2CC2(CO)CCOCC2)ccc1OC. The molecular weight excluding hydrogens is 320 g/mol. The van der Waals surface area contributed by atoms with Crippen molar-refractivity contribution >= 4 is 0 Å². The first-order chi connectivity index (χ1) is 12.2. The number of aliphatic hydroxyl groups excluding tert-OH is 1. The van der Waals surface area contributed by atoms with Crippen LogP contribution < -0.4 is 4.74 Å². The van der Waals surface area contributed by atoms with Gasteiger partial charge in [0.1, 0.15) is 11.6 Å². The zero-order chi connectivity index (χ0) is 17.7. The molecule has 1 aromatic heterocycles. The zero-order valence-corrected chi connectivity index (χ0v) is 14.9. The molecule has 0 aliphatic carbocycles. The number of hydrogen-bond acceptors (Lipinski definition) is 5. The number of ether oxygens (including phenoxy) is 3. The van der Waals surface area contributed by atoms with Crippen molar-refractivity contribution < 1.29 is 19.3 Å². The fraction of sp³-hybridized carbons (Fsp3) is 0.526. The number of benzene rings is 1. The van der Waals surface area contributed by atoms with Crippen molar-refractivity contribution in [2.75, 3.05) is 34.0 Å². The molecule has 0 amide bonds. The molecule has 0 unspecified atom stereocenters. The number of aromatic nitrogens is 2. The summed E-state index contributed by atoms with van der Waals surface area (Å²) < 4.78 is 18.3. The maximum atomic E-state index is 9.96. The second-order valence-electron chi connectivity index (χ2n) is 6.61. The first kappa shape index (κ1) is 17.9. The Hall–Kier alpha value is -1.89. The Kier molecular flexibility index (Phi) is 5.73. The zero-order valence-electron chi connectivity index (χ0n) is 14.9. The number of rotatable bonds is 7. The van der Waals surface area contributed by atoms with Crippen LogP contribution in [0, 0.1) is 5.41 Å². The van der Waals surface area contributed by atoms with E-state index in [1.165, 1.54) is 0 Å². The van der Waals surface area contributed by atoms with E-state index in [0.717, 1.165) is 42.1 Å². The summed E-state index contributed by atoms with van der Waals surface area (Å²) in [6, 6.07) is 6.00. The normalized spacial score (nSPS) is 16.8. The molecule has 25 heavy (non-hydrogen) atoms. The molecule has 0 spiro atoms. The van der Waals surface area contributed by atoms with Crippen molar-refractivity contribution in [2.45, 2.75) is 26.0 Å². The minimum Gasteiger partial charge on any atom is -0.496 e. The first-order valence-electron chi connectivity index (χ1n) is 8.57. The van der Waals surface area contributed by atoms with Gasteiger partial charge in [0.15, 0.2) is 0 Å². The molecule has 2 aromatic rings. The van der Waals surface area contributed by atoms with Crippen LogP contribution in [0.25, 0.3) is 11.4 Å². The molecule has 1 N–H and O–H groups in total. The van der Waals surface area contributed by atoms with E-state index in [2.05, 4.69) is 15.6 Å². The Morgan fingerprint density at radius 2 is 2.08 bits per heavy atom. The number of imidazole rings is 1. The average molecular weight is 346 g/mol. The van der Waals surface area contributed by atoms with Crippen LogP contribution in [0.15, 0.2) is 30.6 Å². The first-order valence-corrected chi connectivity index (χ1v) is 8.57. The fourth-order valence-corrected chi connectivity index (χ4v) is 3.42. The number of nitrogens with zero attached hydrogens (tertiary/aromatic N) is 2. The average Bonchev–Trinajstić information content (AvgIpc) is 3.10. The maximum Gasteiger partial charge on any atom is 0.139 e. The molecule has 0 atom stereocenters. The van der Waals surface area contributed by atoms with Gasteiger partial charge >= 0.3 is 0 Å². The smallest absolute Gasteiger partial charge is 0.139 e. The molecule has 2 heterocycles. The minimum atomic E-state index is -0.143. The van der Waals surface area contributed by atoms with E-state index in [1.807, 2.05) is 18.3 Å². The third kappa shape index (κ3) is 3.86. The van der Waals surface area contributed by atoms with E-state index in [9.17, 15) is 5.11 Å². The Morgan fingerprint density at radius 1 is 1.28 bits per heavy atom. The molecule has 0 saturated carbocycles. The summed E-state index contributed by atoms with van der Waals surface area (Å²) in [5.74, 6) is 1.69. The monoisotopic (exact) mass is 346 g/mol. The topological polar surface area (TPSA) is 65.7 Å². The highest BCUT2D eigenvalue weighted by Crippen LogP contribution is 2.34. The van der Waals surface area contributed by atoms with Gasteiger partial charge < -0.3 is 23.9 Å². The van der Waals surface area contributed by atoms with Gasteiger partial charge in [-0.2, -0.15) is 0 Å². The van der Waals surface area contributed by atoms with Crippen LogP contribution in [0.2, 0.25) is 0 Å². The molecule has 136 valence electrons. The molecule has 6 heteroatoms. The predicted octanol–water partition coefficient (Wildman–Crippen LogP) is 2.49. The van der Waals surface area contributed by atoms with Gasteiger partial charge in [-0.25, -0.2) is 4.98 Å². The van der Waals surface area contributed by atoms with E-state index in [4.69, 9.17) is 14.2 Å². The highest BCUT2D eigenvalue weighted by molar-refractivity contribution is 5.59. The van der Waals surface area contributed by atoms with Crippen LogP contribution in [0.4, 0.5) is 0 Å². The molecule has 1 saturated heterocycles. The second-order valence-corrected chi connectivity index (χ2v) is 6.61. The summed E-state index contributed by atoms with van der Waals surface area (Å²) in [6.07, 6.45) is 5.50. The molecule has 6 nitrogen and oxygen atoms in total. The summed E-state index contributed by atoms with van der Waals surface area (Å²) in [7, 11) is 3.33. The van der Waals surface area contributed by atoms with Crippen LogP contribution in [0.1, 0.15) is 18.4 Å². The predicted molar refractivity (Wildman–Crippen MR) is 94.5 cm³/mol. The van der Waals surface area contributed by atoms with Crippen LogP contribution in [-0.4, -0.2) is 48.7 Å². The van der Waals surface area contributed by atoms with Crippen molar-refractivity contribution in [3.05, 3.63) is 36.2 Å². The highest BCUT2D eigenvalue weighted by atomic mass is 16.5. The number of methoxy groups -OCH3 is 2. The van der Waals surface area contributed by atoms with E-state index in [0.29, 0.717) is 19.8 Å². The van der Waals surface area contributed by atoms with E-state index < -0.39 is 0 Å². The lowest BCUT2D eigenvalue weighted by Gasteiger charge is -2.36. The third-order valence-corrected chi connectivity index (χ3v) is 4.95. The molecule has 1 aliphatic heterocycles. The van der Waals surface area contributed by atoms with Gasteiger partial charge in [-0.3, -0.25) is 0 Å². The van der Waals surface area contributed by atoms with Crippen molar-refractivity contribution in [3.63, 3.8) is 0 Å². The van der Waals surface area contributed by atoms with Gasteiger partial charge in [0, 0.05) is 55.8 Å². The molecule has 3 rings (SSSR count). The van der Waals surface area contributed by atoms with E-state index >= 15 is 0 Å². The summed E-state index contributed by atoms with van der Waals surface area (Å²) in [4.78, 5) is 4.54. The quantitative estimate of drug-likeness (QED) is 0.834. The lowest BCUT2D eigenvalue weighted by atomic mass is 9.81. The van der Waals surface area contributed by atoms with Gasteiger partial charge in [0.2, 0.25) is 0 Å². The van der Waals surface area contributed by atoms with Crippen molar-refractivity contribution in [1.29, 1.82) is 0 Å². The van der Waals surface area contributed by atoms with Crippen LogP contribution in [0.5, 0.6) is 5.75 Å². The van der Waals surface area contributed by atoms with Crippen LogP contribution in [0.3, 0.4) is 0 Å². The van der Waals surface area contributed by atoms with Crippen molar-refractivity contribution in [1.82, 2.24) is 9.55 Å². The summed E-state index contributed by atoms with van der Waals surface area (Å²) in [5.41, 5.74) is 1.85. The Labute approximate surface area is 148 Å². The molecule has 1 fully saturated rings. The third-order valence-electron chi connectivity index (χ3n) is 4.95. The minimum absolute atomic E-state index is 0.143. The lowest BCUT2D eigenvalue weighted by Crippen LogP contribution is -2.37. The van der Waals surface area contributed by atoms with Crippen molar-refractivity contribution in [2.24, 2.45) is 5.41 Å². The standard InChI is InChI=1S/C19H26N2O4/c1-23-12-16-11-15(3-4-17(16)24-2)18-20-7-8-21(18)13-19(14-22)5-9-25-10-6-19/h3-4,7-8,11,22H,5-6,9-10,12-14H2,1-2H3. The molecule has 1 aliphatic rings. The molecule has 0 radical (unpaired) electrons. The van der Waals surface area contributed by atoms with E-state index in [-0.39, 0.29) is 12.0 Å². The maximum absolute atomic E-state index is 9.96. The van der Waals surface area contributed by atoms with Gasteiger partial charge in [-0.05, 0) is 31.0 Å². The van der Waals surface area contributed by atoms with Crippen LogP contribution >= 0.6 is 0 Å². The van der Waals surface area contributed by atoms with Crippen molar-refractivity contribution in [3.8, 4) is 17.1 Å². The Morgan fingerprint density at radius 3 is 2.76 bits per heavy atom. The lowest BCUT2D eigenvalue weighted by molar-refractivity contribution is -0.0250. The van der Waals surface area contributed by atoms with Gasteiger partial charge in [-0.15, -0.1) is 0 Å². The molecular formula is C19H26N2O4. The Bertz CT molecular complexity index is 692. The summed E-state index contributed by atoms with van der Waals surface area (Å²) in [6.45, 7) is 2.77. The highest BCUT2D eigenvalue weighted by Gasteiger charge is 2.33. The van der Waals surface area contributed by atoms with Crippen LogP contribution in [-0.2, 0) is 22.6 Å². The largest absolute Gasteiger partial charge is 0.496 e. The van der Waals surface area contributed by atoms with Gasteiger partial charge in [-0.1, -0.05) is 0 Å². The fourth-order valence-electron chi connectivity index (χ4n) is 3.42. The summed E-state index contributed by atoms with van der Waals surface area (Å²) in [5, 5.41) is 9.96. The number of aliphatic hydroxyl groups is 1. The number of hydrogen-bond donors (Lipinski definition) is 1. The van der Waals surface area contributed by atoms with Gasteiger partial charge in [0.05, 0.1) is 20.3 Å². The second kappa shape index (κ2) is 7.99. The summed E-state index contributed by atoms with van der Waals surface area (Å²) >= 11 is 0. The Balaban J connectivity index is 1.89. The molecule has 0 bridgehead atoms. The van der Waals surface area contributed by atoms with E-state index in [1.54, 1.807) is 20.4 Å². The molecule has 1 aromatic carbocycles. The van der Waals surface area contributed by atoms with Gasteiger partial charge in [0.25, 0.3) is 0 Å².